The number of rotatable bonds is 9. The number of amides is 1. The van der Waals surface area contributed by atoms with Gasteiger partial charge in [0, 0.05) is 11.3 Å². The molecule has 3 rings (SSSR count). The molecule has 1 N–H and O–H groups in total. The number of aromatic nitrogens is 2. The molecule has 28 heavy (non-hydrogen) atoms. The molecule has 0 radical (unpaired) electrons. The van der Waals surface area contributed by atoms with E-state index in [1.54, 1.807) is 14.2 Å². The molecule has 0 spiro atoms. The monoisotopic (exact) mass is 399 g/mol. The molecule has 0 aliphatic carbocycles. The summed E-state index contributed by atoms with van der Waals surface area (Å²) in [5.41, 5.74) is 1.93. The quantitative estimate of drug-likeness (QED) is 0.591. The topological polar surface area (TPSA) is 86.5 Å². The number of ether oxygens (including phenoxy) is 2. The molecule has 2 aromatic carbocycles. The Morgan fingerprint density at radius 3 is 2.64 bits per heavy atom. The second kappa shape index (κ2) is 9.80. The minimum absolute atomic E-state index is 0.0837. The maximum absolute atomic E-state index is 12.0. The fourth-order valence-electron chi connectivity index (χ4n) is 2.41. The summed E-state index contributed by atoms with van der Waals surface area (Å²) in [6.07, 6.45) is 0. The van der Waals surface area contributed by atoms with Crippen molar-refractivity contribution >= 4 is 17.7 Å². The van der Waals surface area contributed by atoms with Crippen LogP contribution in [0.1, 0.15) is 11.5 Å². The fourth-order valence-corrected chi connectivity index (χ4v) is 3.23. The van der Waals surface area contributed by atoms with Crippen molar-refractivity contribution in [3.8, 4) is 22.9 Å². The Labute approximate surface area is 167 Å². The lowest BCUT2D eigenvalue weighted by molar-refractivity contribution is -0.118. The molecule has 146 valence electrons. The van der Waals surface area contributed by atoms with E-state index in [0.29, 0.717) is 23.2 Å². The standard InChI is InChI=1S/C20H21N3O4S/c1-25-16-8-6-14(7-9-16)12-28-13-18(24)21-11-19-22-20(23-27-19)15-4-3-5-17(10-15)26-2/h3-10H,11-13H2,1-2H3,(H,21,24). The third-order valence-electron chi connectivity index (χ3n) is 3.89. The number of methoxy groups -OCH3 is 2. The van der Waals surface area contributed by atoms with Crippen LogP contribution >= 0.6 is 11.8 Å². The normalized spacial score (nSPS) is 10.5. The molecule has 3 aromatic rings. The molecule has 0 saturated heterocycles. The zero-order chi connectivity index (χ0) is 19.8. The van der Waals surface area contributed by atoms with Crippen LogP contribution in [0, 0.1) is 0 Å². The predicted octanol–water partition coefficient (Wildman–Crippen LogP) is 3.30. The smallest absolute Gasteiger partial charge is 0.246 e. The lowest BCUT2D eigenvalue weighted by atomic mass is 10.2. The Morgan fingerprint density at radius 2 is 1.89 bits per heavy atom. The van der Waals surface area contributed by atoms with Gasteiger partial charge in [-0.15, -0.1) is 11.8 Å². The van der Waals surface area contributed by atoms with Crippen molar-refractivity contribution in [2.24, 2.45) is 0 Å². The van der Waals surface area contributed by atoms with Gasteiger partial charge in [0.2, 0.25) is 17.6 Å². The van der Waals surface area contributed by atoms with Gasteiger partial charge in [0.1, 0.15) is 11.5 Å². The van der Waals surface area contributed by atoms with Crippen LogP contribution in [0.25, 0.3) is 11.4 Å². The molecule has 8 heteroatoms. The summed E-state index contributed by atoms with van der Waals surface area (Å²) in [5.74, 6) is 3.36. The van der Waals surface area contributed by atoms with Crippen LogP contribution in [0.15, 0.2) is 53.1 Å². The van der Waals surface area contributed by atoms with Crippen molar-refractivity contribution in [1.29, 1.82) is 0 Å². The fraction of sp³-hybridized carbons (Fsp3) is 0.250. The van der Waals surface area contributed by atoms with Gasteiger partial charge in [0.05, 0.1) is 26.5 Å². The molecule has 0 saturated carbocycles. The highest BCUT2D eigenvalue weighted by molar-refractivity contribution is 7.99. The zero-order valence-electron chi connectivity index (χ0n) is 15.7. The van der Waals surface area contributed by atoms with Gasteiger partial charge in [-0.05, 0) is 29.8 Å². The van der Waals surface area contributed by atoms with Crippen molar-refractivity contribution < 1.29 is 18.8 Å². The van der Waals surface area contributed by atoms with E-state index in [-0.39, 0.29) is 12.5 Å². The molecule has 1 heterocycles. The first kappa shape index (κ1) is 19.8. The number of carbonyl (C=O) groups is 1. The van der Waals surface area contributed by atoms with Crippen molar-refractivity contribution in [2.75, 3.05) is 20.0 Å². The zero-order valence-corrected chi connectivity index (χ0v) is 16.5. The maximum Gasteiger partial charge on any atom is 0.246 e. The van der Waals surface area contributed by atoms with Crippen LogP contribution in [0.4, 0.5) is 0 Å². The third kappa shape index (κ3) is 5.50. The summed E-state index contributed by atoms with van der Waals surface area (Å²) in [5, 5.41) is 6.74. The largest absolute Gasteiger partial charge is 0.497 e. The van der Waals surface area contributed by atoms with Crippen molar-refractivity contribution in [3.63, 3.8) is 0 Å². The lowest BCUT2D eigenvalue weighted by Crippen LogP contribution is -2.24. The second-order valence-electron chi connectivity index (χ2n) is 5.86. The molecule has 7 nitrogen and oxygen atoms in total. The van der Waals surface area contributed by atoms with Gasteiger partial charge in [-0.1, -0.05) is 29.4 Å². The molecule has 0 bridgehead atoms. The Bertz CT molecular complexity index is 912. The average molecular weight is 399 g/mol. The third-order valence-corrected chi connectivity index (χ3v) is 4.90. The minimum Gasteiger partial charge on any atom is -0.497 e. The number of hydrogen-bond acceptors (Lipinski definition) is 7. The van der Waals surface area contributed by atoms with Gasteiger partial charge in [-0.3, -0.25) is 4.79 Å². The highest BCUT2D eigenvalue weighted by Gasteiger charge is 2.11. The molecule has 0 atom stereocenters. The van der Waals surface area contributed by atoms with E-state index < -0.39 is 0 Å². The molecule has 1 aromatic heterocycles. The van der Waals surface area contributed by atoms with Crippen molar-refractivity contribution in [1.82, 2.24) is 15.5 Å². The van der Waals surface area contributed by atoms with Crippen LogP contribution in [-0.2, 0) is 17.1 Å². The molecular weight excluding hydrogens is 378 g/mol. The Morgan fingerprint density at radius 1 is 1.11 bits per heavy atom. The van der Waals surface area contributed by atoms with E-state index in [4.69, 9.17) is 14.0 Å². The minimum atomic E-state index is -0.0837. The Balaban J connectivity index is 1.43. The number of nitrogens with zero attached hydrogens (tertiary/aromatic N) is 2. The molecule has 0 aliphatic heterocycles. The summed E-state index contributed by atoms with van der Waals surface area (Å²) in [7, 11) is 3.24. The van der Waals surface area contributed by atoms with E-state index in [0.717, 1.165) is 22.6 Å². The van der Waals surface area contributed by atoms with Crippen LogP contribution < -0.4 is 14.8 Å². The van der Waals surface area contributed by atoms with Gasteiger partial charge in [-0.2, -0.15) is 4.98 Å². The van der Waals surface area contributed by atoms with E-state index in [1.807, 2.05) is 48.5 Å². The predicted molar refractivity (Wildman–Crippen MR) is 107 cm³/mol. The van der Waals surface area contributed by atoms with Gasteiger partial charge in [0.25, 0.3) is 0 Å². The van der Waals surface area contributed by atoms with Gasteiger partial charge >= 0.3 is 0 Å². The first-order valence-corrected chi connectivity index (χ1v) is 9.78. The van der Waals surface area contributed by atoms with Gasteiger partial charge < -0.3 is 19.3 Å². The molecular formula is C20H21N3O4S. The molecule has 0 aliphatic rings. The maximum atomic E-state index is 12.0. The number of carbonyl (C=O) groups excluding carboxylic acids is 1. The highest BCUT2D eigenvalue weighted by atomic mass is 32.2. The molecule has 0 fully saturated rings. The number of nitrogens with one attached hydrogen (secondary N) is 1. The van der Waals surface area contributed by atoms with E-state index in [2.05, 4.69) is 15.5 Å². The Hall–Kier alpha value is -3.00. The van der Waals surface area contributed by atoms with Crippen molar-refractivity contribution in [2.45, 2.75) is 12.3 Å². The first-order chi connectivity index (χ1) is 13.7. The number of hydrogen-bond donors (Lipinski definition) is 1. The van der Waals surface area contributed by atoms with E-state index in [1.165, 1.54) is 11.8 Å². The molecule has 0 unspecified atom stereocenters. The van der Waals surface area contributed by atoms with E-state index in [9.17, 15) is 4.79 Å². The Kier molecular flexibility index (Phi) is 6.91. The number of benzene rings is 2. The summed E-state index contributed by atoms with van der Waals surface area (Å²) in [6, 6.07) is 15.2. The van der Waals surface area contributed by atoms with Crippen LogP contribution in [0.2, 0.25) is 0 Å². The first-order valence-electron chi connectivity index (χ1n) is 8.62. The SMILES string of the molecule is COc1ccc(CSCC(=O)NCc2nc(-c3cccc(OC)c3)no2)cc1. The van der Waals surface area contributed by atoms with Crippen LogP contribution in [0.3, 0.4) is 0 Å². The van der Waals surface area contributed by atoms with Gasteiger partial charge in [-0.25, -0.2) is 0 Å². The van der Waals surface area contributed by atoms with E-state index >= 15 is 0 Å². The summed E-state index contributed by atoms with van der Waals surface area (Å²) < 4.78 is 15.5. The van der Waals surface area contributed by atoms with Crippen LogP contribution in [0.5, 0.6) is 11.5 Å². The number of thioether (sulfide) groups is 1. The summed E-state index contributed by atoms with van der Waals surface area (Å²) in [6.45, 7) is 0.193. The van der Waals surface area contributed by atoms with Gasteiger partial charge in [0.15, 0.2) is 0 Å². The van der Waals surface area contributed by atoms with Crippen LogP contribution in [-0.4, -0.2) is 36.0 Å². The van der Waals surface area contributed by atoms with Crippen molar-refractivity contribution in [3.05, 3.63) is 60.0 Å². The average Bonchev–Trinajstić information content (AvgIpc) is 3.22. The second-order valence-corrected chi connectivity index (χ2v) is 6.85. The summed E-state index contributed by atoms with van der Waals surface area (Å²) in [4.78, 5) is 16.3. The molecule has 1 amide bonds. The highest BCUT2D eigenvalue weighted by Crippen LogP contribution is 2.21. The lowest BCUT2D eigenvalue weighted by Gasteiger charge is -2.04. The summed E-state index contributed by atoms with van der Waals surface area (Å²) >= 11 is 1.54.